The SMILES string of the molecule is CCCCCCCC/C=C/CCCCCCCCCCCCCCCC(=O)OC1C(OCC(NC(=O)C(O)CCCCCCCCCCCCCCCCCCCCCCCCCC)C(O)/C=C/CCCCCCCCCCC)OC(CO)C(O)C1O. The number of aliphatic hydroxyl groups excluding tert-OH is 5. The van der Waals surface area contributed by atoms with E-state index in [0.29, 0.717) is 19.3 Å². The molecule has 11 heteroatoms. The molecule has 1 aliphatic heterocycles. The van der Waals surface area contributed by atoms with Gasteiger partial charge in [-0.05, 0) is 51.4 Å². The van der Waals surface area contributed by atoms with E-state index >= 15 is 0 Å². The summed E-state index contributed by atoms with van der Waals surface area (Å²) >= 11 is 0. The van der Waals surface area contributed by atoms with Crippen LogP contribution in [0.25, 0.3) is 0 Å². The fourth-order valence-corrected chi connectivity index (χ4v) is 12.4. The van der Waals surface area contributed by atoms with Crippen molar-refractivity contribution in [2.75, 3.05) is 13.2 Å². The second-order valence-electron chi connectivity index (χ2n) is 26.7. The average molecular weight is 1230 g/mol. The molecule has 0 aromatic rings. The van der Waals surface area contributed by atoms with Crippen LogP contribution in [0.5, 0.6) is 0 Å². The summed E-state index contributed by atoms with van der Waals surface area (Å²) < 4.78 is 17.7. The minimum atomic E-state index is -1.61. The van der Waals surface area contributed by atoms with E-state index in [2.05, 4.69) is 38.2 Å². The van der Waals surface area contributed by atoms with Gasteiger partial charge in [-0.15, -0.1) is 0 Å². The zero-order chi connectivity index (χ0) is 63.1. The van der Waals surface area contributed by atoms with Gasteiger partial charge in [0, 0.05) is 6.42 Å². The number of ether oxygens (including phenoxy) is 3. The van der Waals surface area contributed by atoms with Gasteiger partial charge >= 0.3 is 5.97 Å². The normalized spacial score (nSPS) is 18.3. The molecule has 0 aromatic carbocycles. The summed E-state index contributed by atoms with van der Waals surface area (Å²) in [6.07, 6.45) is 68.1. The predicted molar refractivity (Wildman–Crippen MR) is 366 cm³/mol. The van der Waals surface area contributed by atoms with Crippen LogP contribution in [0.3, 0.4) is 0 Å². The number of aliphatic hydroxyl groups is 5. The molecule has 1 aliphatic rings. The molecule has 0 aromatic heterocycles. The molecule has 0 spiro atoms. The Morgan fingerprint density at radius 3 is 1.11 bits per heavy atom. The number of amides is 1. The molecule has 1 heterocycles. The van der Waals surface area contributed by atoms with Crippen molar-refractivity contribution in [2.24, 2.45) is 0 Å². The fraction of sp³-hybridized carbons (Fsp3) is 0.921. The number of allylic oxidation sites excluding steroid dienone is 3. The van der Waals surface area contributed by atoms with Gasteiger partial charge in [0.2, 0.25) is 5.91 Å². The molecule has 1 saturated heterocycles. The van der Waals surface area contributed by atoms with Crippen molar-refractivity contribution in [1.82, 2.24) is 5.32 Å². The zero-order valence-electron chi connectivity index (χ0n) is 57.4. The smallest absolute Gasteiger partial charge is 0.306 e. The predicted octanol–water partition coefficient (Wildman–Crippen LogP) is 20.0. The lowest BCUT2D eigenvalue weighted by Crippen LogP contribution is -2.61. The van der Waals surface area contributed by atoms with Crippen LogP contribution >= 0.6 is 0 Å². The third kappa shape index (κ3) is 51.4. The molecule has 8 unspecified atom stereocenters. The lowest BCUT2D eigenvalue weighted by Gasteiger charge is -2.41. The molecule has 6 N–H and O–H groups in total. The lowest BCUT2D eigenvalue weighted by atomic mass is 9.99. The second kappa shape index (κ2) is 64.3. The largest absolute Gasteiger partial charge is 0.454 e. The van der Waals surface area contributed by atoms with Crippen molar-refractivity contribution in [3.05, 3.63) is 24.3 Å². The Labute approximate surface area is 537 Å². The summed E-state index contributed by atoms with van der Waals surface area (Å²) in [7, 11) is 0. The fourth-order valence-electron chi connectivity index (χ4n) is 12.4. The molecule has 11 nitrogen and oxygen atoms in total. The number of carbonyl (C=O) groups excluding carboxylic acids is 2. The number of nitrogens with one attached hydrogen (secondary N) is 1. The summed E-state index contributed by atoms with van der Waals surface area (Å²) in [5.74, 6) is -1.17. The van der Waals surface area contributed by atoms with Crippen molar-refractivity contribution in [3.8, 4) is 0 Å². The first-order valence-electron chi connectivity index (χ1n) is 38.1. The van der Waals surface area contributed by atoms with Gasteiger partial charge in [0.05, 0.1) is 25.4 Å². The summed E-state index contributed by atoms with van der Waals surface area (Å²) in [6, 6.07) is -1.02. The third-order valence-corrected chi connectivity index (χ3v) is 18.4. The Bertz CT molecular complexity index is 1510. The first kappa shape index (κ1) is 83.2. The van der Waals surface area contributed by atoms with E-state index in [0.717, 1.165) is 57.8 Å². The van der Waals surface area contributed by atoms with E-state index in [1.54, 1.807) is 6.08 Å². The van der Waals surface area contributed by atoms with E-state index in [1.165, 1.54) is 283 Å². The van der Waals surface area contributed by atoms with Gasteiger partial charge in [-0.2, -0.15) is 0 Å². The van der Waals surface area contributed by atoms with Crippen LogP contribution in [0.1, 0.15) is 387 Å². The number of esters is 1. The topological polar surface area (TPSA) is 175 Å². The number of carbonyl (C=O) groups is 2. The van der Waals surface area contributed by atoms with Crippen molar-refractivity contribution < 1.29 is 49.3 Å². The van der Waals surface area contributed by atoms with Gasteiger partial charge in [0.1, 0.15) is 24.4 Å². The van der Waals surface area contributed by atoms with Gasteiger partial charge in [0.25, 0.3) is 0 Å². The maximum Gasteiger partial charge on any atom is 0.306 e. The van der Waals surface area contributed by atoms with Crippen LogP contribution in [-0.4, -0.2) is 99.6 Å². The highest BCUT2D eigenvalue weighted by Gasteiger charge is 2.47. The van der Waals surface area contributed by atoms with E-state index in [1.807, 2.05) is 6.08 Å². The van der Waals surface area contributed by atoms with Crippen LogP contribution in [0, 0.1) is 0 Å². The molecule has 8 atom stereocenters. The average Bonchev–Trinajstić information content (AvgIpc) is 2.93. The van der Waals surface area contributed by atoms with Crippen molar-refractivity contribution in [1.29, 1.82) is 0 Å². The Morgan fingerprint density at radius 2 is 0.759 bits per heavy atom. The summed E-state index contributed by atoms with van der Waals surface area (Å²) in [5, 5.41) is 57.3. The Morgan fingerprint density at radius 1 is 0.437 bits per heavy atom. The molecule has 0 saturated carbocycles. The van der Waals surface area contributed by atoms with Gasteiger partial charge in [0.15, 0.2) is 12.4 Å². The first-order valence-corrected chi connectivity index (χ1v) is 38.1. The minimum Gasteiger partial charge on any atom is -0.454 e. The number of rotatable bonds is 67. The van der Waals surface area contributed by atoms with Gasteiger partial charge in [-0.25, -0.2) is 0 Å². The van der Waals surface area contributed by atoms with Crippen LogP contribution in [0.2, 0.25) is 0 Å². The van der Waals surface area contributed by atoms with Crippen molar-refractivity contribution in [2.45, 2.75) is 436 Å². The maximum atomic E-state index is 13.5. The molecule has 0 radical (unpaired) electrons. The third-order valence-electron chi connectivity index (χ3n) is 18.4. The highest BCUT2D eigenvalue weighted by Crippen LogP contribution is 2.27. The molecular formula is C76H145NO10. The molecule has 0 bridgehead atoms. The molecule has 0 aliphatic carbocycles. The standard InChI is InChI=1S/C76H145NO10/c1-4-7-10-13-16-19-22-24-26-28-30-32-34-36-37-39-41-43-45-48-51-54-57-60-63-69(80)75(84)77-67(68(79)62-59-56-53-50-47-21-18-15-12-9-6-3)66-85-76-74(73(83)72(82)70(65-78)86-76)87-71(81)64-61-58-55-52-49-46-44-42-40-38-35-33-31-29-27-25-23-20-17-14-11-8-5-2/h25,27,59,62,67-70,72-74,76,78-80,82-83H,4-24,26,28-58,60-61,63-66H2,1-3H3,(H,77,84)/b27-25+,62-59+. The van der Waals surface area contributed by atoms with E-state index in [9.17, 15) is 35.1 Å². The quantitative estimate of drug-likeness (QED) is 0.0195. The summed E-state index contributed by atoms with van der Waals surface area (Å²) in [4.78, 5) is 26.7. The van der Waals surface area contributed by atoms with Crippen LogP contribution in [-0.2, 0) is 23.8 Å². The minimum absolute atomic E-state index is 0.129. The first-order chi connectivity index (χ1) is 42.7. The highest BCUT2D eigenvalue weighted by atomic mass is 16.7. The lowest BCUT2D eigenvalue weighted by molar-refractivity contribution is -0.305. The van der Waals surface area contributed by atoms with E-state index in [4.69, 9.17) is 14.2 Å². The van der Waals surface area contributed by atoms with E-state index in [-0.39, 0.29) is 13.0 Å². The molecular weight excluding hydrogens is 1090 g/mol. The van der Waals surface area contributed by atoms with Gasteiger partial charge in [-0.3, -0.25) is 9.59 Å². The molecule has 1 fully saturated rings. The van der Waals surface area contributed by atoms with Crippen molar-refractivity contribution in [3.63, 3.8) is 0 Å². The Hall–Kier alpha value is -1.86. The summed E-state index contributed by atoms with van der Waals surface area (Å²) in [5.41, 5.74) is 0. The molecule has 87 heavy (non-hydrogen) atoms. The van der Waals surface area contributed by atoms with Crippen molar-refractivity contribution >= 4 is 11.9 Å². The maximum absolute atomic E-state index is 13.5. The number of hydrogen-bond acceptors (Lipinski definition) is 10. The second-order valence-corrected chi connectivity index (χ2v) is 26.7. The monoisotopic (exact) mass is 1230 g/mol. The van der Waals surface area contributed by atoms with E-state index < -0.39 is 67.4 Å². The summed E-state index contributed by atoms with van der Waals surface area (Å²) in [6.45, 7) is 5.85. The molecule has 1 amide bonds. The zero-order valence-corrected chi connectivity index (χ0v) is 57.4. The number of unbranched alkanes of at least 4 members (excludes halogenated alkanes) is 51. The Balaban J connectivity index is 2.49. The van der Waals surface area contributed by atoms with Gasteiger partial charge in [-0.1, -0.05) is 353 Å². The number of hydrogen-bond donors (Lipinski definition) is 6. The van der Waals surface area contributed by atoms with Crippen LogP contribution < -0.4 is 5.32 Å². The van der Waals surface area contributed by atoms with Crippen LogP contribution in [0.15, 0.2) is 24.3 Å². The van der Waals surface area contributed by atoms with Crippen LogP contribution in [0.4, 0.5) is 0 Å². The van der Waals surface area contributed by atoms with Gasteiger partial charge < -0.3 is 45.1 Å². The highest BCUT2D eigenvalue weighted by molar-refractivity contribution is 5.80. The molecule has 514 valence electrons. The Kier molecular flexibility index (Phi) is 61.4. The molecule has 1 rings (SSSR count).